The van der Waals surface area contributed by atoms with Crippen molar-refractivity contribution >= 4 is 0 Å². The van der Waals surface area contributed by atoms with Crippen molar-refractivity contribution in [2.45, 2.75) is 26.7 Å². The molecule has 1 nitrogen and oxygen atoms in total. The Morgan fingerprint density at radius 1 is 1.78 bits per heavy atom. The number of allylic oxidation sites excluding steroid dienone is 2. The van der Waals surface area contributed by atoms with Crippen LogP contribution in [-0.4, -0.2) is 6.61 Å². The van der Waals surface area contributed by atoms with E-state index in [4.69, 9.17) is 4.74 Å². The van der Waals surface area contributed by atoms with Gasteiger partial charge in [-0.25, -0.2) is 0 Å². The molecule has 1 atom stereocenters. The molecule has 0 bridgehead atoms. The molecule has 0 aromatic rings. The highest BCUT2D eigenvalue weighted by molar-refractivity contribution is 4.93. The SMILES string of the molecule is CCC1CC=C(C)OC1. The molecule has 0 aromatic heterocycles. The van der Waals surface area contributed by atoms with Gasteiger partial charge in [0.05, 0.1) is 12.4 Å². The van der Waals surface area contributed by atoms with Crippen LogP contribution in [0, 0.1) is 5.92 Å². The van der Waals surface area contributed by atoms with Crippen molar-refractivity contribution in [2.75, 3.05) is 6.61 Å². The minimum absolute atomic E-state index is 0.772. The molecule has 9 heavy (non-hydrogen) atoms. The lowest BCUT2D eigenvalue weighted by Gasteiger charge is -2.19. The molecule has 52 valence electrons. The molecule has 0 saturated heterocycles. The summed E-state index contributed by atoms with van der Waals surface area (Å²) in [5.41, 5.74) is 0. The van der Waals surface area contributed by atoms with Crippen LogP contribution in [-0.2, 0) is 4.74 Å². The van der Waals surface area contributed by atoms with Gasteiger partial charge in [-0.3, -0.25) is 0 Å². The first kappa shape index (κ1) is 6.66. The first-order chi connectivity index (χ1) is 4.33. The Balaban J connectivity index is 2.36. The summed E-state index contributed by atoms with van der Waals surface area (Å²) in [5.74, 6) is 1.87. The minimum atomic E-state index is 0.772. The van der Waals surface area contributed by atoms with E-state index >= 15 is 0 Å². The van der Waals surface area contributed by atoms with Crippen molar-refractivity contribution in [2.24, 2.45) is 5.92 Å². The van der Waals surface area contributed by atoms with Gasteiger partial charge in [0.1, 0.15) is 0 Å². The standard InChI is InChI=1S/C8H14O/c1-3-8-5-4-7(2)9-6-8/h4,8H,3,5-6H2,1-2H3. The molecule has 0 aliphatic carbocycles. The largest absolute Gasteiger partial charge is 0.498 e. The van der Waals surface area contributed by atoms with E-state index in [1.807, 2.05) is 6.92 Å². The van der Waals surface area contributed by atoms with E-state index in [1.165, 1.54) is 12.8 Å². The molecular weight excluding hydrogens is 112 g/mol. The average Bonchev–Trinajstić information content (AvgIpc) is 1.90. The van der Waals surface area contributed by atoms with Crippen LogP contribution in [0.2, 0.25) is 0 Å². The van der Waals surface area contributed by atoms with E-state index in [0.29, 0.717) is 0 Å². The van der Waals surface area contributed by atoms with Crippen LogP contribution in [0.5, 0.6) is 0 Å². The molecule has 1 aliphatic heterocycles. The maximum atomic E-state index is 5.34. The second-order valence-corrected chi connectivity index (χ2v) is 2.64. The van der Waals surface area contributed by atoms with Gasteiger partial charge < -0.3 is 4.74 Å². The van der Waals surface area contributed by atoms with Crippen LogP contribution >= 0.6 is 0 Å². The van der Waals surface area contributed by atoms with E-state index in [-0.39, 0.29) is 0 Å². The van der Waals surface area contributed by atoms with Gasteiger partial charge in [-0.15, -0.1) is 0 Å². The molecule has 1 rings (SSSR count). The molecule has 0 fully saturated rings. The van der Waals surface area contributed by atoms with Crippen molar-refractivity contribution < 1.29 is 4.74 Å². The van der Waals surface area contributed by atoms with Crippen molar-refractivity contribution in [3.8, 4) is 0 Å². The number of hydrogen-bond acceptors (Lipinski definition) is 1. The summed E-state index contributed by atoms with van der Waals surface area (Å²) in [6, 6.07) is 0. The van der Waals surface area contributed by atoms with Crippen LogP contribution in [0.4, 0.5) is 0 Å². The minimum Gasteiger partial charge on any atom is -0.498 e. The third-order valence-corrected chi connectivity index (χ3v) is 1.86. The zero-order valence-corrected chi connectivity index (χ0v) is 6.18. The van der Waals surface area contributed by atoms with E-state index in [1.54, 1.807) is 0 Å². The summed E-state index contributed by atoms with van der Waals surface area (Å²) in [7, 11) is 0. The van der Waals surface area contributed by atoms with Crippen molar-refractivity contribution in [1.82, 2.24) is 0 Å². The Hall–Kier alpha value is -0.460. The van der Waals surface area contributed by atoms with Crippen LogP contribution in [0.3, 0.4) is 0 Å². The maximum absolute atomic E-state index is 5.34. The van der Waals surface area contributed by atoms with Gasteiger partial charge in [-0.2, -0.15) is 0 Å². The number of hydrogen-bond donors (Lipinski definition) is 0. The maximum Gasteiger partial charge on any atom is 0.0908 e. The highest BCUT2D eigenvalue weighted by atomic mass is 16.5. The third-order valence-electron chi connectivity index (χ3n) is 1.86. The molecule has 0 saturated carbocycles. The second-order valence-electron chi connectivity index (χ2n) is 2.64. The van der Waals surface area contributed by atoms with Gasteiger partial charge in [-0.05, 0) is 31.8 Å². The number of rotatable bonds is 1. The first-order valence-corrected chi connectivity index (χ1v) is 3.62. The normalized spacial score (nSPS) is 26.9. The molecular formula is C8H14O. The smallest absolute Gasteiger partial charge is 0.0908 e. The van der Waals surface area contributed by atoms with Gasteiger partial charge in [0.15, 0.2) is 0 Å². The molecule has 0 N–H and O–H groups in total. The van der Waals surface area contributed by atoms with Crippen molar-refractivity contribution in [3.05, 3.63) is 11.8 Å². The molecule has 0 aromatic carbocycles. The second kappa shape index (κ2) is 2.90. The van der Waals surface area contributed by atoms with Crippen LogP contribution in [0.25, 0.3) is 0 Å². The molecule has 1 heteroatoms. The predicted octanol–water partition coefficient (Wildman–Crippen LogP) is 2.34. The van der Waals surface area contributed by atoms with E-state index < -0.39 is 0 Å². The van der Waals surface area contributed by atoms with E-state index in [9.17, 15) is 0 Å². The lowest BCUT2D eigenvalue weighted by Crippen LogP contribution is -2.11. The van der Waals surface area contributed by atoms with Gasteiger partial charge in [-0.1, -0.05) is 6.92 Å². The molecule has 0 amide bonds. The average molecular weight is 126 g/mol. The van der Waals surface area contributed by atoms with Crippen LogP contribution < -0.4 is 0 Å². The molecule has 1 heterocycles. The Bertz CT molecular complexity index is 116. The zero-order chi connectivity index (χ0) is 6.69. The van der Waals surface area contributed by atoms with Crippen molar-refractivity contribution in [1.29, 1.82) is 0 Å². The molecule has 1 aliphatic rings. The number of ether oxygens (including phenoxy) is 1. The zero-order valence-electron chi connectivity index (χ0n) is 6.18. The van der Waals surface area contributed by atoms with E-state index in [2.05, 4.69) is 13.0 Å². The topological polar surface area (TPSA) is 9.23 Å². The van der Waals surface area contributed by atoms with Crippen LogP contribution in [0.1, 0.15) is 26.7 Å². The highest BCUT2D eigenvalue weighted by Gasteiger charge is 2.09. The van der Waals surface area contributed by atoms with Gasteiger partial charge >= 0.3 is 0 Å². The molecule has 1 unspecified atom stereocenters. The summed E-state index contributed by atoms with van der Waals surface area (Å²) in [6.07, 6.45) is 4.63. The molecule has 0 radical (unpaired) electrons. The Kier molecular flexibility index (Phi) is 2.15. The Morgan fingerprint density at radius 2 is 2.56 bits per heavy atom. The van der Waals surface area contributed by atoms with Gasteiger partial charge in [0, 0.05) is 0 Å². The monoisotopic (exact) mass is 126 g/mol. The highest BCUT2D eigenvalue weighted by Crippen LogP contribution is 2.17. The fraction of sp³-hybridized carbons (Fsp3) is 0.750. The summed E-state index contributed by atoms with van der Waals surface area (Å²) >= 11 is 0. The third kappa shape index (κ3) is 1.74. The van der Waals surface area contributed by atoms with Gasteiger partial charge in [0.2, 0.25) is 0 Å². The van der Waals surface area contributed by atoms with Gasteiger partial charge in [0.25, 0.3) is 0 Å². The summed E-state index contributed by atoms with van der Waals surface area (Å²) < 4.78 is 5.34. The quantitative estimate of drug-likeness (QED) is 0.524. The van der Waals surface area contributed by atoms with E-state index in [0.717, 1.165) is 18.3 Å². The lowest BCUT2D eigenvalue weighted by atomic mass is 10.0. The summed E-state index contributed by atoms with van der Waals surface area (Å²) in [6.45, 7) is 5.16. The fourth-order valence-corrected chi connectivity index (χ4v) is 0.993. The Morgan fingerprint density at radius 3 is 3.00 bits per heavy atom. The first-order valence-electron chi connectivity index (χ1n) is 3.62. The summed E-state index contributed by atoms with van der Waals surface area (Å²) in [4.78, 5) is 0. The predicted molar refractivity (Wildman–Crippen MR) is 38.1 cm³/mol. The van der Waals surface area contributed by atoms with Crippen molar-refractivity contribution in [3.63, 3.8) is 0 Å². The molecule has 0 spiro atoms. The lowest BCUT2D eigenvalue weighted by molar-refractivity contribution is 0.146. The Labute approximate surface area is 56.7 Å². The fourth-order valence-electron chi connectivity index (χ4n) is 0.993. The summed E-state index contributed by atoms with van der Waals surface area (Å²) in [5, 5.41) is 0. The van der Waals surface area contributed by atoms with Crippen LogP contribution in [0.15, 0.2) is 11.8 Å².